The summed E-state index contributed by atoms with van der Waals surface area (Å²) in [7, 11) is 0. The number of carbonyl (C=O) groups is 1. The minimum absolute atomic E-state index is 0.0176. The molecule has 3 nitrogen and oxygen atoms in total. The van der Waals surface area contributed by atoms with Gasteiger partial charge in [-0.25, -0.2) is 0 Å². The monoisotopic (exact) mass is 393 g/mol. The molecule has 1 N–H and O–H groups in total. The Morgan fingerprint density at radius 3 is 2.31 bits per heavy atom. The zero-order chi connectivity index (χ0) is 21.0. The van der Waals surface area contributed by atoms with E-state index in [0.29, 0.717) is 0 Å². The maximum Gasteiger partial charge on any atom is 0.261 e. The number of amides is 1. The molecule has 2 aromatic carbocycles. The van der Waals surface area contributed by atoms with Gasteiger partial charge in [0, 0.05) is 0 Å². The Morgan fingerprint density at radius 2 is 1.69 bits per heavy atom. The number of hydrogen-bond donors (Lipinski definition) is 1. The van der Waals surface area contributed by atoms with Crippen molar-refractivity contribution in [1.82, 2.24) is 5.32 Å². The third kappa shape index (κ3) is 5.41. The average molecular weight is 394 g/mol. The molecule has 0 bridgehead atoms. The van der Waals surface area contributed by atoms with Gasteiger partial charge in [0.05, 0.1) is 6.04 Å². The molecule has 0 heterocycles. The smallest absolute Gasteiger partial charge is 0.261 e. The van der Waals surface area contributed by atoms with Crippen LogP contribution in [-0.2, 0) is 23.1 Å². The van der Waals surface area contributed by atoms with Crippen LogP contribution in [0, 0.1) is 0 Å². The summed E-state index contributed by atoms with van der Waals surface area (Å²) >= 11 is 0. The Kier molecular flexibility index (Phi) is 6.66. The third-order valence-corrected chi connectivity index (χ3v) is 5.90. The lowest BCUT2D eigenvalue weighted by atomic mass is 9.87. The predicted molar refractivity (Wildman–Crippen MR) is 119 cm³/mol. The molecule has 0 unspecified atom stereocenters. The minimum Gasteiger partial charge on any atom is -0.481 e. The van der Waals surface area contributed by atoms with Crippen LogP contribution in [0.15, 0.2) is 42.5 Å². The Balaban J connectivity index is 1.63. The van der Waals surface area contributed by atoms with Crippen LogP contribution in [-0.4, -0.2) is 12.0 Å². The van der Waals surface area contributed by atoms with Crippen molar-refractivity contribution >= 4 is 5.91 Å². The van der Waals surface area contributed by atoms with Crippen LogP contribution < -0.4 is 10.1 Å². The van der Waals surface area contributed by atoms with Crippen molar-refractivity contribution in [2.45, 2.75) is 84.3 Å². The van der Waals surface area contributed by atoms with Gasteiger partial charge in [0.15, 0.2) is 6.10 Å². The van der Waals surface area contributed by atoms with E-state index in [1.807, 2.05) is 19.1 Å². The van der Waals surface area contributed by atoms with Gasteiger partial charge in [-0.3, -0.25) is 4.79 Å². The highest BCUT2D eigenvalue weighted by Gasteiger charge is 2.21. The number of ether oxygens (including phenoxy) is 1. The van der Waals surface area contributed by atoms with E-state index in [1.165, 1.54) is 41.5 Å². The zero-order valence-corrected chi connectivity index (χ0v) is 18.5. The van der Waals surface area contributed by atoms with Crippen LogP contribution in [0.25, 0.3) is 0 Å². The van der Waals surface area contributed by atoms with Crippen molar-refractivity contribution in [3.05, 3.63) is 64.7 Å². The Labute approximate surface area is 175 Å². The summed E-state index contributed by atoms with van der Waals surface area (Å²) in [6.07, 6.45) is 5.19. The summed E-state index contributed by atoms with van der Waals surface area (Å²) in [5.74, 6) is 0.650. The van der Waals surface area contributed by atoms with E-state index in [9.17, 15) is 4.79 Å². The van der Waals surface area contributed by atoms with Crippen LogP contribution in [0.2, 0.25) is 0 Å². The fourth-order valence-corrected chi connectivity index (χ4v) is 3.97. The first-order valence-electron chi connectivity index (χ1n) is 11.0. The highest BCUT2D eigenvalue weighted by atomic mass is 16.5. The van der Waals surface area contributed by atoms with Crippen LogP contribution in [0.3, 0.4) is 0 Å². The number of rotatable bonds is 6. The van der Waals surface area contributed by atoms with Crippen molar-refractivity contribution in [2.24, 2.45) is 0 Å². The number of fused-ring (bicyclic) bond motifs is 1. The molecule has 1 aliphatic carbocycles. The van der Waals surface area contributed by atoms with E-state index in [1.54, 1.807) is 0 Å². The first-order valence-corrected chi connectivity index (χ1v) is 11.0. The van der Waals surface area contributed by atoms with Gasteiger partial charge >= 0.3 is 0 Å². The molecule has 0 fully saturated rings. The van der Waals surface area contributed by atoms with Crippen LogP contribution in [0.5, 0.6) is 5.75 Å². The number of aryl methyl sites for hydroxylation is 2. The van der Waals surface area contributed by atoms with E-state index in [2.05, 4.69) is 63.3 Å². The molecule has 2 aromatic rings. The fraction of sp³-hybridized carbons (Fsp3) is 0.500. The van der Waals surface area contributed by atoms with Gasteiger partial charge in [-0.15, -0.1) is 0 Å². The van der Waals surface area contributed by atoms with Crippen molar-refractivity contribution in [3.8, 4) is 5.75 Å². The van der Waals surface area contributed by atoms with Crippen LogP contribution in [0.1, 0.15) is 82.2 Å². The lowest BCUT2D eigenvalue weighted by Gasteiger charge is -2.24. The second-order valence-corrected chi connectivity index (χ2v) is 9.24. The van der Waals surface area contributed by atoms with E-state index in [4.69, 9.17) is 4.74 Å². The molecule has 1 aliphatic rings. The van der Waals surface area contributed by atoms with Gasteiger partial charge in [-0.05, 0) is 78.8 Å². The molecule has 3 heteroatoms. The molecular formula is C26H35NO2. The standard InChI is InChI=1S/C26H35NO2/c1-6-24(21-12-11-19-9-7-8-10-20(19)17-21)27-25(28)18(2)29-23-15-13-22(14-16-23)26(3,4)5/h11-18,24H,6-10H2,1-5H3,(H,27,28)/t18-,24-/m0/s1. The third-order valence-electron chi connectivity index (χ3n) is 5.90. The van der Waals surface area contributed by atoms with Crippen LogP contribution in [0.4, 0.5) is 0 Å². The first kappa shape index (κ1) is 21.4. The summed E-state index contributed by atoms with van der Waals surface area (Å²) in [6.45, 7) is 10.5. The molecule has 0 aliphatic heterocycles. The van der Waals surface area contributed by atoms with Gasteiger partial charge in [0.25, 0.3) is 5.91 Å². The normalized spacial score (nSPS) is 15.9. The largest absolute Gasteiger partial charge is 0.481 e. The van der Waals surface area contributed by atoms with Crippen molar-refractivity contribution in [3.63, 3.8) is 0 Å². The first-order chi connectivity index (χ1) is 13.8. The van der Waals surface area contributed by atoms with Gasteiger partial charge in [0.1, 0.15) is 5.75 Å². The summed E-state index contributed by atoms with van der Waals surface area (Å²) in [5.41, 5.74) is 5.47. The summed E-state index contributed by atoms with van der Waals surface area (Å²) < 4.78 is 5.90. The SMILES string of the molecule is CC[C@H](NC(=O)[C@H](C)Oc1ccc(C(C)(C)C)cc1)c1ccc2c(c1)CCCC2. The number of hydrogen-bond acceptors (Lipinski definition) is 2. The quantitative estimate of drug-likeness (QED) is 0.664. The van der Waals surface area contributed by atoms with E-state index in [0.717, 1.165) is 18.6 Å². The predicted octanol–water partition coefficient (Wildman–Crippen LogP) is 5.90. The summed E-state index contributed by atoms with van der Waals surface area (Å²) in [5, 5.41) is 3.18. The number of benzene rings is 2. The van der Waals surface area contributed by atoms with Crippen LogP contribution >= 0.6 is 0 Å². The topological polar surface area (TPSA) is 38.3 Å². The van der Waals surface area contributed by atoms with Gasteiger partial charge < -0.3 is 10.1 Å². The molecule has 0 saturated heterocycles. The molecule has 1 amide bonds. The Bertz CT molecular complexity index is 833. The molecule has 2 atom stereocenters. The van der Waals surface area contributed by atoms with Gasteiger partial charge in [-0.1, -0.05) is 58.0 Å². The molecule has 0 spiro atoms. The molecule has 0 saturated carbocycles. The molecule has 0 aromatic heterocycles. The lowest BCUT2D eigenvalue weighted by molar-refractivity contribution is -0.128. The van der Waals surface area contributed by atoms with Gasteiger partial charge in [0.2, 0.25) is 0 Å². The molecule has 3 rings (SSSR count). The van der Waals surface area contributed by atoms with E-state index < -0.39 is 6.10 Å². The van der Waals surface area contributed by atoms with Crippen molar-refractivity contribution in [1.29, 1.82) is 0 Å². The average Bonchev–Trinajstić information content (AvgIpc) is 2.71. The Hall–Kier alpha value is -2.29. The second-order valence-electron chi connectivity index (χ2n) is 9.24. The highest BCUT2D eigenvalue weighted by molar-refractivity contribution is 5.81. The maximum atomic E-state index is 12.8. The van der Waals surface area contributed by atoms with E-state index >= 15 is 0 Å². The number of nitrogens with one attached hydrogen (secondary N) is 1. The molecule has 156 valence electrons. The lowest BCUT2D eigenvalue weighted by Crippen LogP contribution is -2.38. The molecular weight excluding hydrogens is 358 g/mol. The van der Waals surface area contributed by atoms with E-state index in [-0.39, 0.29) is 17.4 Å². The second kappa shape index (κ2) is 9.02. The van der Waals surface area contributed by atoms with Crippen molar-refractivity contribution in [2.75, 3.05) is 0 Å². The maximum absolute atomic E-state index is 12.8. The van der Waals surface area contributed by atoms with Crippen molar-refractivity contribution < 1.29 is 9.53 Å². The number of carbonyl (C=O) groups excluding carboxylic acids is 1. The van der Waals surface area contributed by atoms with Gasteiger partial charge in [-0.2, -0.15) is 0 Å². The molecule has 29 heavy (non-hydrogen) atoms. The summed E-state index contributed by atoms with van der Waals surface area (Å²) in [6, 6.07) is 14.8. The minimum atomic E-state index is -0.540. The Morgan fingerprint density at radius 1 is 1.03 bits per heavy atom. The molecule has 0 radical (unpaired) electrons. The zero-order valence-electron chi connectivity index (χ0n) is 18.5. The summed E-state index contributed by atoms with van der Waals surface area (Å²) in [4.78, 5) is 12.8. The fourth-order valence-electron chi connectivity index (χ4n) is 3.97. The highest BCUT2D eigenvalue weighted by Crippen LogP contribution is 2.27.